The van der Waals surface area contributed by atoms with E-state index in [9.17, 15) is 14.0 Å². The molecule has 0 heterocycles. The van der Waals surface area contributed by atoms with E-state index in [1.54, 1.807) is 13.8 Å². The van der Waals surface area contributed by atoms with Crippen molar-refractivity contribution < 1.29 is 18.7 Å². The molecule has 1 N–H and O–H groups in total. The van der Waals surface area contributed by atoms with E-state index in [0.29, 0.717) is 6.61 Å². The van der Waals surface area contributed by atoms with Gasteiger partial charge in [-0.1, -0.05) is 83.4 Å². The number of amides is 1. The monoisotopic (exact) mass is 413 g/mol. The molecule has 1 aromatic carbocycles. The number of carbonyl (C=O) groups is 2. The molecule has 28 heavy (non-hydrogen) atoms. The summed E-state index contributed by atoms with van der Waals surface area (Å²) in [5.74, 6) is -2.15. The Labute approximate surface area is 173 Å². The van der Waals surface area contributed by atoms with Gasteiger partial charge in [0.05, 0.1) is 17.2 Å². The lowest BCUT2D eigenvalue weighted by Gasteiger charge is -2.21. The number of unbranched alkanes of at least 4 members (excludes halogenated alkanes) is 7. The van der Waals surface area contributed by atoms with E-state index >= 15 is 0 Å². The maximum absolute atomic E-state index is 14.0. The van der Waals surface area contributed by atoms with Crippen LogP contribution in [0.15, 0.2) is 18.2 Å². The first-order valence-corrected chi connectivity index (χ1v) is 10.7. The molecule has 0 saturated carbocycles. The van der Waals surface area contributed by atoms with Gasteiger partial charge in [-0.15, -0.1) is 0 Å². The predicted molar refractivity (Wildman–Crippen MR) is 111 cm³/mol. The van der Waals surface area contributed by atoms with Crippen molar-refractivity contribution in [2.75, 3.05) is 6.61 Å². The fourth-order valence-corrected chi connectivity index (χ4v) is 3.07. The Morgan fingerprint density at radius 1 is 1.07 bits per heavy atom. The lowest BCUT2D eigenvalue weighted by Crippen LogP contribution is -2.45. The largest absolute Gasteiger partial charge is 0.464 e. The van der Waals surface area contributed by atoms with Crippen LogP contribution in [-0.2, 0) is 9.53 Å². The normalized spacial score (nSPS) is 12.1. The molecule has 1 unspecified atom stereocenters. The maximum Gasteiger partial charge on any atom is 0.328 e. The third-order valence-corrected chi connectivity index (χ3v) is 4.94. The van der Waals surface area contributed by atoms with Crippen molar-refractivity contribution in [3.8, 4) is 0 Å². The first-order valence-electron chi connectivity index (χ1n) is 10.3. The van der Waals surface area contributed by atoms with Gasteiger partial charge in [-0.05, 0) is 24.5 Å². The first-order chi connectivity index (χ1) is 13.4. The fraction of sp³-hybridized carbons (Fsp3) is 0.636. The summed E-state index contributed by atoms with van der Waals surface area (Å²) in [6.45, 7) is 6.14. The average Bonchev–Trinajstić information content (AvgIpc) is 2.66. The average molecular weight is 414 g/mol. The summed E-state index contributed by atoms with van der Waals surface area (Å²) in [6.07, 6.45) is 9.26. The second-order valence-corrected chi connectivity index (χ2v) is 7.85. The fourth-order valence-electron chi connectivity index (χ4n) is 2.89. The van der Waals surface area contributed by atoms with Crippen molar-refractivity contribution in [2.24, 2.45) is 5.92 Å². The van der Waals surface area contributed by atoms with Crippen LogP contribution in [0.2, 0.25) is 5.02 Å². The van der Waals surface area contributed by atoms with Crippen LogP contribution in [0.1, 0.15) is 82.5 Å². The number of rotatable bonds is 13. The molecule has 1 amide bonds. The van der Waals surface area contributed by atoms with Crippen LogP contribution >= 0.6 is 11.6 Å². The molecule has 0 aliphatic heterocycles. The summed E-state index contributed by atoms with van der Waals surface area (Å²) in [6, 6.07) is 3.36. The Kier molecular flexibility index (Phi) is 11.8. The third-order valence-electron chi connectivity index (χ3n) is 4.65. The molecular formula is C22H33ClFNO3. The number of hydrogen-bond donors (Lipinski definition) is 1. The molecule has 0 radical (unpaired) electrons. The molecule has 1 rings (SSSR count). The number of hydrogen-bond acceptors (Lipinski definition) is 3. The van der Waals surface area contributed by atoms with E-state index in [1.165, 1.54) is 50.3 Å². The third kappa shape index (κ3) is 8.59. The highest BCUT2D eigenvalue weighted by Gasteiger charge is 2.27. The van der Waals surface area contributed by atoms with Gasteiger partial charge >= 0.3 is 5.97 Å². The van der Waals surface area contributed by atoms with E-state index in [0.717, 1.165) is 19.3 Å². The zero-order valence-electron chi connectivity index (χ0n) is 17.2. The smallest absolute Gasteiger partial charge is 0.328 e. The van der Waals surface area contributed by atoms with Gasteiger partial charge in [0.1, 0.15) is 6.04 Å². The van der Waals surface area contributed by atoms with E-state index in [2.05, 4.69) is 12.2 Å². The van der Waals surface area contributed by atoms with Crippen LogP contribution in [-0.4, -0.2) is 24.5 Å². The highest BCUT2D eigenvalue weighted by Crippen LogP contribution is 2.18. The Morgan fingerprint density at radius 2 is 1.68 bits per heavy atom. The topological polar surface area (TPSA) is 55.4 Å². The number of nitrogens with one attached hydrogen (secondary N) is 1. The van der Waals surface area contributed by atoms with Gasteiger partial charge in [0.25, 0.3) is 5.91 Å². The van der Waals surface area contributed by atoms with Crippen LogP contribution in [0.5, 0.6) is 0 Å². The van der Waals surface area contributed by atoms with Crippen molar-refractivity contribution in [1.82, 2.24) is 5.32 Å². The highest BCUT2D eigenvalue weighted by atomic mass is 35.5. The summed E-state index contributed by atoms with van der Waals surface area (Å²) < 4.78 is 19.3. The quantitative estimate of drug-likeness (QED) is 0.322. The van der Waals surface area contributed by atoms with Crippen LogP contribution in [0, 0.1) is 11.7 Å². The van der Waals surface area contributed by atoms with Crippen LogP contribution in [0.4, 0.5) is 4.39 Å². The van der Waals surface area contributed by atoms with Gasteiger partial charge in [0, 0.05) is 0 Å². The van der Waals surface area contributed by atoms with Gasteiger partial charge in [0.2, 0.25) is 0 Å². The molecule has 4 nitrogen and oxygen atoms in total. The summed E-state index contributed by atoms with van der Waals surface area (Å²) in [4.78, 5) is 24.7. The molecule has 0 fully saturated rings. The molecule has 1 aromatic rings. The van der Waals surface area contributed by atoms with E-state index in [-0.39, 0.29) is 16.5 Å². The summed E-state index contributed by atoms with van der Waals surface area (Å²) in [7, 11) is 0. The Balaban J connectivity index is 2.41. The number of ether oxygens (including phenoxy) is 1. The lowest BCUT2D eigenvalue weighted by atomic mass is 10.0. The minimum atomic E-state index is -0.833. The summed E-state index contributed by atoms with van der Waals surface area (Å²) >= 11 is 5.72. The number of carbonyl (C=O) groups excluding carboxylic acids is 2. The van der Waals surface area contributed by atoms with Gasteiger partial charge in [-0.2, -0.15) is 0 Å². The lowest BCUT2D eigenvalue weighted by molar-refractivity contribution is -0.147. The molecule has 1 atom stereocenters. The zero-order chi connectivity index (χ0) is 20.9. The number of esters is 1. The highest BCUT2D eigenvalue weighted by molar-refractivity contribution is 6.31. The number of benzene rings is 1. The summed E-state index contributed by atoms with van der Waals surface area (Å²) in [5.41, 5.74) is -0.186. The Hall–Kier alpha value is -1.62. The van der Waals surface area contributed by atoms with Crippen molar-refractivity contribution in [3.63, 3.8) is 0 Å². The SMILES string of the molecule is CCCCCCCCCCOC(=O)C(NC(=O)c1cccc(Cl)c1F)C(C)C. The zero-order valence-corrected chi connectivity index (χ0v) is 18.0. The molecule has 158 valence electrons. The second kappa shape index (κ2) is 13.5. The Bertz CT molecular complexity index is 622. The molecule has 0 aliphatic rings. The summed E-state index contributed by atoms with van der Waals surface area (Å²) in [5, 5.41) is 2.44. The predicted octanol–water partition coefficient (Wildman–Crippen LogP) is 5.92. The van der Waals surface area contributed by atoms with Crippen molar-refractivity contribution in [1.29, 1.82) is 0 Å². The van der Waals surface area contributed by atoms with Crippen molar-refractivity contribution in [2.45, 2.75) is 78.2 Å². The van der Waals surface area contributed by atoms with E-state index < -0.39 is 23.7 Å². The van der Waals surface area contributed by atoms with Gasteiger partial charge in [0.15, 0.2) is 5.82 Å². The standard InChI is InChI=1S/C22H33ClFNO3/c1-4-5-6-7-8-9-10-11-15-28-22(27)20(16(2)3)25-21(26)17-13-12-14-18(23)19(17)24/h12-14,16,20H,4-11,15H2,1-3H3,(H,25,26). The number of halogens is 2. The second-order valence-electron chi connectivity index (χ2n) is 7.44. The Morgan fingerprint density at radius 3 is 2.29 bits per heavy atom. The van der Waals surface area contributed by atoms with Crippen LogP contribution in [0.25, 0.3) is 0 Å². The first kappa shape index (κ1) is 24.4. The molecular weight excluding hydrogens is 381 g/mol. The molecule has 0 bridgehead atoms. The van der Waals surface area contributed by atoms with E-state index in [1.807, 2.05) is 0 Å². The molecule has 0 aliphatic carbocycles. The van der Waals surface area contributed by atoms with Gasteiger partial charge in [-0.3, -0.25) is 4.79 Å². The maximum atomic E-state index is 14.0. The molecule has 0 spiro atoms. The van der Waals surface area contributed by atoms with Crippen LogP contribution in [0.3, 0.4) is 0 Å². The minimum absolute atomic E-state index is 0.133. The van der Waals surface area contributed by atoms with Crippen molar-refractivity contribution >= 4 is 23.5 Å². The van der Waals surface area contributed by atoms with Gasteiger partial charge in [-0.25, -0.2) is 9.18 Å². The molecule has 0 saturated heterocycles. The van der Waals surface area contributed by atoms with Gasteiger partial charge < -0.3 is 10.1 Å². The molecule has 6 heteroatoms. The minimum Gasteiger partial charge on any atom is -0.464 e. The van der Waals surface area contributed by atoms with Crippen LogP contribution < -0.4 is 5.32 Å². The van der Waals surface area contributed by atoms with E-state index in [4.69, 9.17) is 16.3 Å². The van der Waals surface area contributed by atoms with Crippen molar-refractivity contribution in [3.05, 3.63) is 34.6 Å². The molecule has 0 aromatic heterocycles.